The van der Waals surface area contributed by atoms with E-state index in [0.29, 0.717) is 5.75 Å². The van der Waals surface area contributed by atoms with Gasteiger partial charge in [-0.1, -0.05) is 0 Å². The molecule has 0 spiro atoms. The molecule has 0 aliphatic carbocycles. The summed E-state index contributed by atoms with van der Waals surface area (Å²) in [5, 5.41) is 13.9. The predicted molar refractivity (Wildman–Crippen MR) is 50.3 cm³/mol. The topological polar surface area (TPSA) is 89.6 Å². The van der Waals surface area contributed by atoms with Gasteiger partial charge in [-0.25, -0.2) is 13.6 Å². The number of ether oxygens (including phenoxy) is 1. The number of rotatable bonds is 3. The third-order valence-corrected chi connectivity index (χ3v) is 2.76. The summed E-state index contributed by atoms with van der Waals surface area (Å²) in [6.45, 7) is -0.400. The standard InChI is InChI=1S/C8H11NO4S/c1-13-7-2-3-8(14(9,11)12)6(4-7)5-10/h2-4,10H,5H2,1H3,(H2,9,11,12). The van der Waals surface area contributed by atoms with Gasteiger partial charge in [0.15, 0.2) is 0 Å². The van der Waals surface area contributed by atoms with Gasteiger partial charge >= 0.3 is 0 Å². The van der Waals surface area contributed by atoms with Crippen molar-refractivity contribution in [2.24, 2.45) is 5.14 Å². The summed E-state index contributed by atoms with van der Waals surface area (Å²) >= 11 is 0. The lowest BCUT2D eigenvalue weighted by Crippen LogP contribution is -2.14. The highest BCUT2D eigenvalue weighted by molar-refractivity contribution is 7.89. The second-order valence-corrected chi connectivity index (χ2v) is 4.21. The molecule has 0 saturated carbocycles. The van der Waals surface area contributed by atoms with E-state index < -0.39 is 16.6 Å². The van der Waals surface area contributed by atoms with Gasteiger partial charge in [-0.15, -0.1) is 0 Å². The molecule has 3 N–H and O–H groups in total. The molecule has 0 saturated heterocycles. The third-order valence-electron chi connectivity index (χ3n) is 1.74. The van der Waals surface area contributed by atoms with Crippen LogP contribution in [-0.2, 0) is 16.6 Å². The Bertz CT molecular complexity index is 427. The fourth-order valence-corrected chi connectivity index (χ4v) is 1.83. The fraction of sp³-hybridized carbons (Fsp3) is 0.250. The largest absolute Gasteiger partial charge is 0.497 e. The van der Waals surface area contributed by atoms with Crippen molar-refractivity contribution in [1.29, 1.82) is 0 Å². The Labute approximate surface area is 82.2 Å². The molecule has 78 valence electrons. The smallest absolute Gasteiger partial charge is 0.238 e. The van der Waals surface area contributed by atoms with Crippen LogP contribution in [0.4, 0.5) is 0 Å². The molecule has 0 aromatic heterocycles. The van der Waals surface area contributed by atoms with Crippen LogP contribution in [0.2, 0.25) is 0 Å². The summed E-state index contributed by atoms with van der Waals surface area (Å²) in [6, 6.07) is 4.21. The Hall–Kier alpha value is -1.11. The van der Waals surface area contributed by atoms with E-state index in [2.05, 4.69) is 0 Å². The Balaban J connectivity index is 3.33. The predicted octanol–water partition coefficient (Wildman–Crippen LogP) is -0.165. The molecule has 1 aromatic rings. The van der Waals surface area contributed by atoms with Crippen LogP contribution in [-0.4, -0.2) is 20.6 Å². The normalized spacial score (nSPS) is 11.4. The van der Waals surface area contributed by atoms with Gasteiger partial charge < -0.3 is 9.84 Å². The fourth-order valence-electron chi connectivity index (χ4n) is 1.08. The number of nitrogens with two attached hydrogens (primary N) is 1. The van der Waals surface area contributed by atoms with E-state index in [4.69, 9.17) is 15.0 Å². The van der Waals surface area contributed by atoms with E-state index in [-0.39, 0.29) is 10.5 Å². The summed E-state index contributed by atoms with van der Waals surface area (Å²) in [5.41, 5.74) is 0.229. The van der Waals surface area contributed by atoms with E-state index in [1.807, 2.05) is 0 Å². The highest BCUT2D eigenvalue weighted by atomic mass is 32.2. The molecule has 0 atom stereocenters. The second kappa shape index (κ2) is 3.95. The Kier molecular flexibility index (Phi) is 3.10. The van der Waals surface area contributed by atoms with Crippen LogP contribution in [0, 0.1) is 0 Å². The Morgan fingerprint density at radius 2 is 2.14 bits per heavy atom. The lowest BCUT2D eigenvalue weighted by atomic mass is 10.2. The van der Waals surface area contributed by atoms with Crippen LogP contribution >= 0.6 is 0 Å². The highest BCUT2D eigenvalue weighted by Gasteiger charge is 2.13. The van der Waals surface area contributed by atoms with Crippen LogP contribution in [0.15, 0.2) is 23.1 Å². The SMILES string of the molecule is COc1ccc(S(N)(=O)=O)c(CO)c1. The van der Waals surface area contributed by atoms with Crippen LogP contribution < -0.4 is 9.88 Å². The minimum absolute atomic E-state index is 0.0826. The summed E-state index contributed by atoms with van der Waals surface area (Å²) in [6.07, 6.45) is 0. The van der Waals surface area contributed by atoms with Crippen LogP contribution in [0.25, 0.3) is 0 Å². The molecule has 0 heterocycles. The molecule has 5 nitrogen and oxygen atoms in total. The molecule has 0 aliphatic rings. The lowest BCUT2D eigenvalue weighted by Gasteiger charge is -2.07. The van der Waals surface area contributed by atoms with E-state index in [9.17, 15) is 8.42 Å². The average Bonchev–Trinajstić information content (AvgIpc) is 2.15. The zero-order valence-electron chi connectivity index (χ0n) is 7.60. The number of aliphatic hydroxyl groups excluding tert-OH is 1. The molecule has 0 bridgehead atoms. The second-order valence-electron chi connectivity index (χ2n) is 2.68. The van der Waals surface area contributed by atoms with E-state index >= 15 is 0 Å². The monoisotopic (exact) mass is 217 g/mol. The van der Waals surface area contributed by atoms with Crippen molar-refractivity contribution in [3.8, 4) is 5.75 Å². The van der Waals surface area contributed by atoms with Gasteiger partial charge in [0.2, 0.25) is 10.0 Å². The maximum Gasteiger partial charge on any atom is 0.238 e. The van der Waals surface area contributed by atoms with E-state index in [0.717, 1.165) is 0 Å². The van der Waals surface area contributed by atoms with Crippen LogP contribution in [0.1, 0.15) is 5.56 Å². The summed E-state index contributed by atoms with van der Waals surface area (Å²) in [7, 11) is -2.33. The minimum atomic E-state index is -3.79. The molecule has 1 rings (SSSR count). The Morgan fingerprint density at radius 1 is 1.50 bits per heavy atom. The van der Waals surface area contributed by atoms with Crippen molar-refractivity contribution in [3.63, 3.8) is 0 Å². The van der Waals surface area contributed by atoms with Gasteiger partial charge in [-0.05, 0) is 18.2 Å². The molecule has 14 heavy (non-hydrogen) atoms. The maximum atomic E-state index is 11.0. The van der Waals surface area contributed by atoms with Gasteiger partial charge in [-0.3, -0.25) is 0 Å². The van der Waals surface area contributed by atoms with Crippen molar-refractivity contribution in [1.82, 2.24) is 0 Å². The number of benzene rings is 1. The summed E-state index contributed by atoms with van der Waals surface area (Å²) in [4.78, 5) is -0.0826. The van der Waals surface area contributed by atoms with Gasteiger partial charge in [0, 0.05) is 5.56 Å². The number of primary sulfonamides is 1. The molecule has 0 fully saturated rings. The van der Waals surface area contributed by atoms with Gasteiger partial charge in [0.1, 0.15) is 5.75 Å². The quantitative estimate of drug-likeness (QED) is 0.735. The van der Waals surface area contributed by atoms with Crippen molar-refractivity contribution in [2.75, 3.05) is 7.11 Å². The third kappa shape index (κ3) is 2.22. The first-order valence-corrected chi connectivity index (χ1v) is 5.34. The van der Waals surface area contributed by atoms with Crippen molar-refractivity contribution in [2.45, 2.75) is 11.5 Å². The molecule has 0 amide bonds. The molecular weight excluding hydrogens is 206 g/mol. The molecule has 0 radical (unpaired) electrons. The van der Waals surface area contributed by atoms with Gasteiger partial charge in [-0.2, -0.15) is 0 Å². The summed E-state index contributed by atoms with van der Waals surface area (Å²) < 4.78 is 27.0. The van der Waals surface area contributed by atoms with Crippen molar-refractivity contribution >= 4 is 10.0 Å². The first kappa shape index (κ1) is 11.0. The minimum Gasteiger partial charge on any atom is -0.497 e. The van der Waals surface area contributed by atoms with Gasteiger partial charge in [0.05, 0.1) is 18.6 Å². The Morgan fingerprint density at radius 3 is 2.57 bits per heavy atom. The molecule has 0 aliphatic heterocycles. The van der Waals surface area contributed by atoms with E-state index in [1.165, 1.54) is 25.3 Å². The lowest BCUT2D eigenvalue weighted by molar-refractivity contribution is 0.277. The number of aliphatic hydroxyl groups is 1. The first-order valence-electron chi connectivity index (χ1n) is 3.79. The van der Waals surface area contributed by atoms with E-state index in [1.54, 1.807) is 0 Å². The maximum absolute atomic E-state index is 11.0. The zero-order valence-corrected chi connectivity index (χ0v) is 8.41. The zero-order chi connectivity index (χ0) is 10.8. The average molecular weight is 217 g/mol. The first-order chi connectivity index (χ1) is 6.49. The van der Waals surface area contributed by atoms with Crippen molar-refractivity contribution in [3.05, 3.63) is 23.8 Å². The van der Waals surface area contributed by atoms with Crippen LogP contribution in [0.3, 0.4) is 0 Å². The molecule has 0 unspecified atom stereocenters. The highest BCUT2D eigenvalue weighted by Crippen LogP contribution is 2.20. The summed E-state index contributed by atoms with van der Waals surface area (Å²) in [5.74, 6) is 0.474. The van der Waals surface area contributed by atoms with Crippen molar-refractivity contribution < 1.29 is 18.3 Å². The van der Waals surface area contributed by atoms with Gasteiger partial charge in [0.25, 0.3) is 0 Å². The van der Waals surface area contributed by atoms with Crippen LogP contribution in [0.5, 0.6) is 5.75 Å². The molecular formula is C8H11NO4S. The molecule has 6 heteroatoms. The number of hydrogen-bond donors (Lipinski definition) is 2. The number of methoxy groups -OCH3 is 1. The molecule has 1 aromatic carbocycles. The number of hydrogen-bond acceptors (Lipinski definition) is 4. The number of sulfonamides is 1.